The fourth-order valence-electron chi connectivity index (χ4n) is 1.79. The summed E-state index contributed by atoms with van der Waals surface area (Å²) in [4.78, 5) is 0. The predicted molar refractivity (Wildman–Crippen MR) is 72.4 cm³/mol. The van der Waals surface area contributed by atoms with Gasteiger partial charge >= 0.3 is 0 Å². The summed E-state index contributed by atoms with van der Waals surface area (Å²) in [5.41, 5.74) is 7.03. The van der Waals surface area contributed by atoms with Crippen LogP contribution in [0.25, 0.3) is 0 Å². The predicted octanol–water partition coefficient (Wildman–Crippen LogP) is 1.81. The third-order valence-electron chi connectivity index (χ3n) is 3.04. The number of hydrogen-bond acceptors (Lipinski definition) is 3. The minimum absolute atomic E-state index is 0.410. The molecule has 0 radical (unpaired) electrons. The Balaban J connectivity index is 2.34. The zero-order valence-electron chi connectivity index (χ0n) is 11.1. The van der Waals surface area contributed by atoms with Crippen LogP contribution in [0.4, 0.5) is 0 Å². The van der Waals surface area contributed by atoms with Crippen LogP contribution in [-0.4, -0.2) is 26.2 Å². The molecule has 1 rings (SSSR count). The summed E-state index contributed by atoms with van der Waals surface area (Å²) in [5, 5.41) is 3.49. The van der Waals surface area contributed by atoms with E-state index in [1.54, 1.807) is 7.11 Å². The minimum atomic E-state index is 0.410. The Morgan fingerprint density at radius 3 is 2.35 bits per heavy atom. The van der Waals surface area contributed by atoms with E-state index >= 15 is 0 Å². The van der Waals surface area contributed by atoms with Gasteiger partial charge < -0.3 is 15.8 Å². The first kappa shape index (κ1) is 14.0. The maximum atomic E-state index is 5.71. The van der Waals surface area contributed by atoms with Crippen LogP contribution in [0, 0.1) is 5.92 Å². The monoisotopic (exact) mass is 236 g/mol. The summed E-state index contributed by atoms with van der Waals surface area (Å²) in [6.45, 7) is 6.04. The Morgan fingerprint density at radius 2 is 1.88 bits per heavy atom. The van der Waals surface area contributed by atoms with Gasteiger partial charge in [0.05, 0.1) is 7.11 Å². The Morgan fingerprint density at radius 1 is 1.24 bits per heavy atom. The van der Waals surface area contributed by atoms with E-state index in [2.05, 4.69) is 31.3 Å². The van der Waals surface area contributed by atoms with E-state index in [0.717, 1.165) is 18.7 Å². The Labute approximate surface area is 104 Å². The fraction of sp³-hybridized carbons (Fsp3) is 0.571. The third kappa shape index (κ3) is 4.75. The number of benzene rings is 1. The lowest BCUT2D eigenvalue weighted by Gasteiger charge is -2.20. The van der Waals surface area contributed by atoms with E-state index in [9.17, 15) is 0 Å². The maximum Gasteiger partial charge on any atom is 0.118 e. The van der Waals surface area contributed by atoms with Crippen LogP contribution in [0.5, 0.6) is 5.75 Å². The maximum absolute atomic E-state index is 5.71. The SMILES string of the molecule is COc1ccc(CCNC(CN)C(C)C)cc1. The van der Waals surface area contributed by atoms with Gasteiger partial charge in [-0.15, -0.1) is 0 Å². The standard InChI is InChI=1S/C14H24N2O/c1-11(2)14(10-15)16-9-8-12-4-6-13(17-3)7-5-12/h4-7,11,14,16H,8-10,15H2,1-3H3. The highest BCUT2D eigenvalue weighted by Gasteiger charge is 2.09. The van der Waals surface area contributed by atoms with E-state index < -0.39 is 0 Å². The summed E-state index contributed by atoms with van der Waals surface area (Å²) in [6.07, 6.45) is 1.02. The van der Waals surface area contributed by atoms with Crippen molar-refractivity contribution >= 4 is 0 Å². The molecule has 0 aliphatic heterocycles. The molecule has 3 heteroatoms. The van der Waals surface area contributed by atoms with E-state index in [1.807, 2.05) is 12.1 Å². The van der Waals surface area contributed by atoms with Crippen LogP contribution in [0.1, 0.15) is 19.4 Å². The number of rotatable bonds is 7. The molecule has 1 atom stereocenters. The van der Waals surface area contributed by atoms with Crippen LogP contribution in [0.3, 0.4) is 0 Å². The van der Waals surface area contributed by atoms with Crippen molar-refractivity contribution in [3.8, 4) is 5.75 Å². The van der Waals surface area contributed by atoms with E-state index in [4.69, 9.17) is 10.5 Å². The molecule has 0 heterocycles. The molecule has 3 N–H and O–H groups in total. The lowest BCUT2D eigenvalue weighted by Crippen LogP contribution is -2.41. The normalized spacial score (nSPS) is 12.8. The molecule has 1 unspecified atom stereocenters. The van der Waals surface area contributed by atoms with Gasteiger partial charge in [-0.25, -0.2) is 0 Å². The van der Waals surface area contributed by atoms with Gasteiger partial charge in [-0.2, -0.15) is 0 Å². The van der Waals surface area contributed by atoms with Crippen LogP contribution in [0.15, 0.2) is 24.3 Å². The van der Waals surface area contributed by atoms with Crippen molar-refractivity contribution in [3.05, 3.63) is 29.8 Å². The molecule has 0 amide bonds. The second-order valence-corrected chi connectivity index (χ2v) is 4.64. The van der Waals surface area contributed by atoms with Crippen LogP contribution < -0.4 is 15.8 Å². The first-order valence-corrected chi connectivity index (χ1v) is 6.23. The van der Waals surface area contributed by atoms with Crippen molar-refractivity contribution in [2.45, 2.75) is 26.3 Å². The number of methoxy groups -OCH3 is 1. The molecule has 1 aromatic rings. The molecule has 0 aromatic heterocycles. The molecular formula is C14H24N2O. The van der Waals surface area contributed by atoms with Crippen LogP contribution >= 0.6 is 0 Å². The molecule has 0 aliphatic rings. The van der Waals surface area contributed by atoms with Gasteiger partial charge in [-0.3, -0.25) is 0 Å². The molecular weight excluding hydrogens is 212 g/mol. The van der Waals surface area contributed by atoms with E-state index in [1.165, 1.54) is 5.56 Å². The van der Waals surface area contributed by atoms with Crippen molar-refractivity contribution in [2.75, 3.05) is 20.2 Å². The number of nitrogens with one attached hydrogen (secondary N) is 1. The second-order valence-electron chi connectivity index (χ2n) is 4.64. The third-order valence-corrected chi connectivity index (χ3v) is 3.04. The lowest BCUT2D eigenvalue weighted by molar-refractivity contribution is 0.408. The summed E-state index contributed by atoms with van der Waals surface area (Å²) < 4.78 is 5.13. The van der Waals surface area contributed by atoms with Gasteiger partial charge in [0.15, 0.2) is 0 Å². The van der Waals surface area contributed by atoms with Crippen molar-refractivity contribution in [2.24, 2.45) is 11.7 Å². The number of nitrogens with two attached hydrogens (primary N) is 1. The van der Waals surface area contributed by atoms with Crippen LogP contribution in [0.2, 0.25) is 0 Å². The average Bonchev–Trinajstić information content (AvgIpc) is 2.35. The smallest absolute Gasteiger partial charge is 0.118 e. The van der Waals surface area contributed by atoms with Gasteiger partial charge in [0.2, 0.25) is 0 Å². The largest absolute Gasteiger partial charge is 0.497 e. The highest BCUT2D eigenvalue weighted by molar-refractivity contribution is 5.27. The van der Waals surface area contributed by atoms with Crippen LogP contribution in [-0.2, 0) is 6.42 Å². The molecule has 0 saturated carbocycles. The van der Waals surface area contributed by atoms with Gasteiger partial charge in [0.25, 0.3) is 0 Å². The van der Waals surface area contributed by atoms with Gasteiger partial charge in [-0.05, 0) is 36.6 Å². The Bertz CT molecular complexity index is 309. The zero-order valence-corrected chi connectivity index (χ0v) is 11.1. The summed E-state index contributed by atoms with van der Waals surface area (Å²) >= 11 is 0. The van der Waals surface area contributed by atoms with E-state index in [-0.39, 0.29) is 0 Å². The highest BCUT2D eigenvalue weighted by Crippen LogP contribution is 2.11. The number of ether oxygens (including phenoxy) is 1. The lowest BCUT2D eigenvalue weighted by atomic mass is 10.0. The molecule has 0 bridgehead atoms. The molecule has 96 valence electrons. The van der Waals surface area contributed by atoms with Crippen molar-refractivity contribution in [1.29, 1.82) is 0 Å². The Kier molecular flexibility index (Phi) is 6.01. The fourth-order valence-corrected chi connectivity index (χ4v) is 1.79. The molecule has 0 saturated heterocycles. The molecule has 17 heavy (non-hydrogen) atoms. The highest BCUT2D eigenvalue weighted by atomic mass is 16.5. The van der Waals surface area contributed by atoms with Crippen molar-refractivity contribution in [1.82, 2.24) is 5.32 Å². The summed E-state index contributed by atoms with van der Waals surface area (Å²) in [6, 6.07) is 8.62. The molecule has 0 spiro atoms. The van der Waals surface area contributed by atoms with Crippen molar-refractivity contribution < 1.29 is 4.74 Å². The van der Waals surface area contributed by atoms with Gasteiger partial charge in [-0.1, -0.05) is 26.0 Å². The summed E-state index contributed by atoms with van der Waals surface area (Å²) in [5.74, 6) is 1.49. The first-order valence-electron chi connectivity index (χ1n) is 6.23. The molecule has 0 aliphatic carbocycles. The number of hydrogen-bond donors (Lipinski definition) is 2. The second kappa shape index (κ2) is 7.30. The Hall–Kier alpha value is -1.06. The molecule has 0 fully saturated rings. The van der Waals surface area contributed by atoms with Gasteiger partial charge in [0, 0.05) is 12.6 Å². The topological polar surface area (TPSA) is 47.3 Å². The molecule has 3 nitrogen and oxygen atoms in total. The first-order chi connectivity index (χ1) is 8.17. The molecule has 1 aromatic carbocycles. The summed E-state index contributed by atoms with van der Waals surface area (Å²) in [7, 11) is 1.69. The van der Waals surface area contributed by atoms with E-state index in [0.29, 0.717) is 18.5 Å². The minimum Gasteiger partial charge on any atom is -0.497 e. The van der Waals surface area contributed by atoms with Gasteiger partial charge in [0.1, 0.15) is 5.75 Å². The average molecular weight is 236 g/mol. The van der Waals surface area contributed by atoms with Crippen molar-refractivity contribution in [3.63, 3.8) is 0 Å². The zero-order chi connectivity index (χ0) is 12.7. The quantitative estimate of drug-likeness (QED) is 0.759.